The van der Waals surface area contributed by atoms with E-state index in [1.807, 2.05) is 0 Å². The molecule has 0 aliphatic rings. The Balaban J connectivity index is 3.03. The summed E-state index contributed by atoms with van der Waals surface area (Å²) < 4.78 is 32.8. The summed E-state index contributed by atoms with van der Waals surface area (Å²) in [6, 6.07) is 2.80. The normalized spacial score (nSPS) is 11.6. The van der Waals surface area contributed by atoms with Crippen molar-refractivity contribution < 1.29 is 12.3 Å². The minimum absolute atomic E-state index is 0.165. The van der Waals surface area contributed by atoms with Crippen molar-refractivity contribution in [1.29, 1.82) is 0 Å². The number of halogens is 2. The highest BCUT2D eigenvalue weighted by atomic mass is 35.5. The lowest BCUT2D eigenvalue weighted by atomic mass is 10.2. The van der Waals surface area contributed by atoms with Crippen LogP contribution in [0.25, 0.3) is 0 Å². The molecule has 1 aromatic heterocycles. The number of aromatic nitrogens is 1. The van der Waals surface area contributed by atoms with Crippen molar-refractivity contribution in [3.8, 4) is 0 Å². The fraction of sp³-hybridized carbons (Fsp3) is 0.286. The van der Waals surface area contributed by atoms with E-state index in [2.05, 4.69) is 4.98 Å². The van der Waals surface area contributed by atoms with E-state index in [-0.39, 0.29) is 5.15 Å². The van der Waals surface area contributed by atoms with Crippen molar-refractivity contribution in [2.75, 3.05) is 0 Å². The standard InChI is InChI=1S/C7H7ClFNO2S/c1-5-2-6(3-7(8)10-5)4-13(9,11)12/h2-3H,4H2,1H3. The predicted octanol–water partition coefficient (Wildman–Crippen LogP) is 1.84. The van der Waals surface area contributed by atoms with E-state index in [0.717, 1.165) is 0 Å². The van der Waals surface area contributed by atoms with Gasteiger partial charge in [-0.2, -0.15) is 8.42 Å². The number of aryl methyl sites for hydroxylation is 1. The number of hydrogen-bond acceptors (Lipinski definition) is 3. The van der Waals surface area contributed by atoms with Gasteiger partial charge in [0.1, 0.15) is 10.9 Å². The maximum atomic E-state index is 12.2. The number of pyridine rings is 1. The van der Waals surface area contributed by atoms with E-state index in [9.17, 15) is 12.3 Å². The monoisotopic (exact) mass is 223 g/mol. The summed E-state index contributed by atoms with van der Waals surface area (Å²) in [5.74, 6) is -0.657. The molecule has 0 saturated heterocycles. The average Bonchev–Trinajstić information content (AvgIpc) is 1.78. The number of nitrogens with zero attached hydrogens (tertiary/aromatic N) is 1. The third-order valence-corrected chi connectivity index (χ3v) is 2.19. The molecule has 1 rings (SSSR count). The highest BCUT2D eigenvalue weighted by Gasteiger charge is 2.09. The van der Waals surface area contributed by atoms with Gasteiger partial charge in [0.15, 0.2) is 0 Å². The second-order valence-corrected chi connectivity index (χ2v) is 4.38. The summed E-state index contributed by atoms with van der Waals surface area (Å²) in [6.45, 7) is 1.65. The molecular formula is C7H7ClFNO2S. The van der Waals surface area contributed by atoms with Crippen LogP contribution in [0.3, 0.4) is 0 Å². The zero-order valence-electron chi connectivity index (χ0n) is 6.79. The quantitative estimate of drug-likeness (QED) is 0.568. The van der Waals surface area contributed by atoms with Crippen LogP contribution in [-0.2, 0) is 16.0 Å². The highest BCUT2D eigenvalue weighted by Crippen LogP contribution is 2.13. The second kappa shape index (κ2) is 3.59. The Morgan fingerprint density at radius 2 is 2.15 bits per heavy atom. The van der Waals surface area contributed by atoms with Gasteiger partial charge in [-0.05, 0) is 24.6 Å². The predicted molar refractivity (Wildman–Crippen MR) is 47.7 cm³/mol. The van der Waals surface area contributed by atoms with Crippen molar-refractivity contribution in [1.82, 2.24) is 4.98 Å². The molecule has 1 heterocycles. The summed E-state index contributed by atoms with van der Waals surface area (Å²) in [4.78, 5) is 3.81. The van der Waals surface area contributed by atoms with Crippen LogP contribution in [0, 0.1) is 6.92 Å². The molecule has 0 atom stereocenters. The Labute approximate surface area is 80.8 Å². The first kappa shape index (κ1) is 10.4. The molecule has 13 heavy (non-hydrogen) atoms. The van der Waals surface area contributed by atoms with Gasteiger partial charge in [-0.25, -0.2) is 4.98 Å². The van der Waals surface area contributed by atoms with Gasteiger partial charge >= 0.3 is 10.2 Å². The van der Waals surface area contributed by atoms with Gasteiger partial charge < -0.3 is 0 Å². The third kappa shape index (κ3) is 3.69. The molecule has 3 nitrogen and oxygen atoms in total. The van der Waals surface area contributed by atoms with Gasteiger partial charge in [0.05, 0.1) is 0 Å². The molecule has 0 aliphatic heterocycles. The first-order chi connectivity index (χ1) is 5.87. The Bertz CT molecular complexity index is 398. The highest BCUT2D eigenvalue weighted by molar-refractivity contribution is 7.85. The maximum absolute atomic E-state index is 12.2. The largest absolute Gasteiger partial charge is 0.306 e. The van der Waals surface area contributed by atoms with Gasteiger partial charge in [-0.3, -0.25) is 0 Å². The first-order valence-corrected chi connectivity index (χ1v) is 5.35. The van der Waals surface area contributed by atoms with Gasteiger partial charge in [0.2, 0.25) is 0 Å². The summed E-state index contributed by atoms with van der Waals surface area (Å²) in [7, 11) is -4.50. The lowest BCUT2D eigenvalue weighted by molar-refractivity contribution is 0.551. The fourth-order valence-corrected chi connectivity index (χ4v) is 1.82. The van der Waals surface area contributed by atoms with Gasteiger partial charge in [0, 0.05) is 5.69 Å². The zero-order valence-corrected chi connectivity index (χ0v) is 8.36. The van der Waals surface area contributed by atoms with Crippen molar-refractivity contribution in [3.05, 3.63) is 28.5 Å². The van der Waals surface area contributed by atoms with E-state index in [0.29, 0.717) is 11.3 Å². The minimum atomic E-state index is -4.50. The van der Waals surface area contributed by atoms with Crippen molar-refractivity contribution in [2.24, 2.45) is 0 Å². The average molecular weight is 224 g/mol. The molecule has 0 radical (unpaired) electrons. The van der Waals surface area contributed by atoms with E-state index < -0.39 is 16.0 Å². The van der Waals surface area contributed by atoms with Crippen LogP contribution in [0.2, 0.25) is 5.15 Å². The molecule has 0 aliphatic carbocycles. The molecule has 6 heteroatoms. The minimum Gasteiger partial charge on any atom is -0.241 e. The van der Waals surface area contributed by atoms with E-state index in [1.165, 1.54) is 12.1 Å². The molecule has 0 unspecified atom stereocenters. The fourth-order valence-electron chi connectivity index (χ4n) is 0.978. The Kier molecular flexibility index (Phi) is 2.87. The Hall–Kier alpha value is -0.680. The van der Waals surface area contributed by atoms with Crippen LogP contribution in [-0.4, -0.2) is 13.4 Å². The van der Waals surface area contributed by atoms with Crippen molar-refractivity contribution in [3.63, 3.8) is 0 Å². The van der Waals surface area contributed by atoms with Crippen LogP contribution >= 0.6 is 11.6 Å². The van der Waals surface area contributed by atoms with E-state index in [1.54, 1.807) is 6.92 Å². The Morgan fingerprint density at radius 1 is 1.54 bits per heavy atom. The molecule has 0 fully saturated rings. The molecule has 0 aromatic carbocycles. The number of hydrogen-bond donors (Lipinski definition) is 0. The topological polar surface area (TPSA) is 47.0 Å². The first-order valence-electron chi connectivity index (χ1n) is 3.42. The van der Waals surface area contributed by atoms with Crippen molar-refractivity contribution in [2.45, 2.75) is 12.7 Å². The number of rotatable bonds is 2. The Morgan fingerprint density at radius 3 is 2.62 bits per heavy atom. The lowest BCUT2D eigenvalue weighted by Gasteiger charge is -1.99. The smallest absolute Gasteiger partial charge is 0.241 e. The summed E-state index contributed by atoms with van der Waals surface area (Å²) in [5.41, 5.74) is 0.867. The zero-order chi connectivity index (χ0) is 10.1. The molecule has 0 spiro atoms. The van der Waals surface area contributed by atoms with E-state index >= 15 is 0 Å². The summed E-state index contributed by atoms with van der Waals surface area (Å²) >= 11 is 5.55. The summed E-state index contributed by atoms with van der Waals surface area (Å²) in [6.07, 6.45) is 0. The molecule has 0 bridgehead atoms. The van der Waals surface area contributed by atoms with Crippen LogP contribution in [0.1, 0.15) is 11.3 Å². The molecule has 0 amide bonds. The van der Waals surface area contributed by atoms with Crippen LogP contribution in [0.5, 0.6) is 0 Å². The van der Waals surface area contributed by atoms with Crippen LogP contribution < -0.4 is 0 Å². The van der Waals surface area contributed by atoms with Crippen LogP contribution in [0.4, 0.5) is 3.89 Å². The van der Waals surface area contributed by atoms with Crippen molar-refractivity contribution >= 4 is 21.8 Å². The van der Waals surface area contributed by atoms with E-state index in [4.69, 9.17) is 11.6 Å². The molecular weight excluding hydrogens is 217 g/mol. The molecule has 0 saturated carbocycles. The SMILES string of the molecule is Cc1cc(CS(=O)(=O)F)cc(Cl)n1. The third-order valence-electron chi connectivity index (χ3n) is 1.32. The lowest BCUT2D eigenvalue weighted by Crippen LogP contribution is -1.97. The van der Waals surface area contributed by atoms with Gasteiger partial charge in [0.25, 0.3) is 0 Å². The molecule has 1 aromatic rings. The van der Waals surface area contributed by atoms with Crippen LogP contribution in [0.15, 0.2) is 12.1 Å². The van der Waals surface area contributed by atoms with Gasteiger partial charge in [-0.15, -0.1) is 3.89 Å². The molecule has 72 valence electrons. The molecule has 0 N–H and O–H groups in total. The second-order valence-electron chi connectivity index (χ2n) is 2.62. The van der Waals surface area contributed by atoms with Gasteiger partial charge in [-0.1, -0.05) is 11.6 Å². The summed E-state index contributed by atoms with van der Waals surface area (Å²) in [5, 5.41) is 0.165. The maximum Gasteiger partial charge on any atom is 0.306 e.